The van der Waals surface area contributed by atoms with Gasteiger partial charge in [0.05, 0.1) is 0 Å². The smallest absolute Gasteiger partial charge is 0.173 e. The van der Waals surface area contributed by atoms with Crippen molar-refractivity contribution in [1.29, 1.82) is 0 Å². The molecule has 1 fully saturated rings. The number of pyridine rings is 1. The second-order valence-electron chi connectivity index (χ2n) is 5.63. The van der Waals surface area contributed by atoms with Gasteiger partial charge in [0, 0.05) is 54.7 Å². The molecule has 0 atom stereocenters. The molecule has 1 aromatic carbocycles. The number of anilines is 2. The van der Waals surface area contributed by atoms with E-state index in [9.17, 15) is 0 Å². The van der Waals surface area contributed by atoms with E-state index in [0.29, 0.717) is 0 Å². The van der Waals surface area contributed by atoms with Gasteiger partial charge in [-0.05, 0) is 36.8 Å². The number of hydrogen-bond donors (Lipinski definition) is 1. The van der Waals surface area contributed by atoms with Gasteiger partial charge in [-0.2, -0.15) is 0 Å². The first-order valence-electron chi connectivity index (χ1n) is 7.66. The molecular weight excluding hydrogens is 328 g/mol. The highest BCUT2D eigenvalue weighted by molar-refractivity contribution is 7.80. The van der Waals surface area contributed by atoms with E-state index in [1.54, 1.807) is 0 Å². The minimum Gasteiger partial charge on any atom is -0.368 e. The van der Waals surface area contributed by atoms with Gasteiger partial charge in [-0.25, -0.2) is 4.98 Å². The fourth-order valence-electron chi connectivity index (χ4n) is 2.63. The topological polar surface area (TPSA) is 32.6 Å². The highest BCUT2D eigenvalue weighted by atomic mass is 35.5. The van der Waals surface area contributed by atoms with Crippen LogP contribution in [0, 0.1) is 6.92 Å². The maximum Gasteiger partial charge on any atom is 0.173 e. The van der Waals surface area contributed by atoms with Crippen LogP contribution in [0.3, 0.4) is 0 Å². The Labute approximate surface area is 147 Å². The van der Waals surface area contributed by atoms with Gasteiger partial charge >= 0.3 is 0 Å². The van der Waals surface area contributed by atoms with Gasteiger partial charge in [-0.3, -0.25) is 0 Å². The molecule has 0 unspecified atom stereocenters. The predicted molar refractivity (Wildman–Crippen MR) is 99.2 cm³/mol. The fourth-order valence-corrected chi connectivity index (χ4v) is 3.11. The van der Waals surface area contributed by atoms with Gasteiger partial charge in [0.2, 0.25) is 0 Å². The number of aryl methyl sites for hydroxylation is 1. The van der Waals surface area contributed by atoms with Crippen molar-refractivity contribution in [2.45, 2.75) is 6.92 Å². The van der Waals surface area contributed by atoms with Crippen molar-refractivity contribution >= 4 is 40.3 Å². The number of nitrogens with one attached hydrogen (secondary N) is 2. The van der Waals surface area contributed by atoms with Crippen molar-refractivity contribution in [3.63, 3.8) is 0 Å². The second kappa shape index (κ2) is 7.15. The van der Waals surface area contributed by atoms with E-state index in [1.807, 2.05) is 37.5 Å². The summed E-state index contributed by atoms with van der Waals surface area (Å²) in [6, 6.07) is 10.1. The molecule has 120 valence electrons. The summed E-state index contributed by atoms with van der Waals surface area (Å²) in [5, 5.41) is 4.79. The van der Waals surface area contributed by atoms with Crippen LogP contribution in [0.4, 0.5) is 11.4 Å². The van der Waals surface area contributed by atoms with Crippen molar-refractivity contribution in [3.05, 3.63) is 53.3 Å². The standard InChI is InChI=1S/C17H19ClN4S/c1-13-2-3-14(12-16(13)18)20-17(23)22-10-8-21(9-11-22)15-4-6-19-7-5-15/h2-7,12H,8-11H2,1H3,(H,20,23)/p+1. The third-order valence-corrected chi connectivity index (χ3v) is 4.82. The summed E-state index contributed by atoms with van der Waals surface area (Å²) in [5.74, 6) is 0. The number of aromatic nitrogens is 1. The van der Waals surface area contributed by atoms with E-state index < -0.39 is 0 Å². The summed E-state index contributed by atoms with van der Waals surface area (Å²) in [5.41, 5.74) is 3.25. The van der Waals surface area contributed by atoms with Crippen molar-refractivity contribution < 1.29 is 4.98 Å². The van der Waals surface area contributed by atoms with E-state index in [2.05, 4.69) is 32.2 Å². The Bertz CT molecular complexity index is 684. The zero-order chi connectivity index (χ0) is 16.2. The van der Waals surface area contributed by atoms with Crippen molar-refractivity contribution in [2.24, 2.45) is 0 Å². The minimum absolute atomic E-state index is 0.753. The number of rotatable bonds is 2. The van der Waals surface area contributed by atoms with E-state index >= 15 is 0 Å². The molecule has 1 saturated heterocycles. The molecule has 0 bridgehead atoms. The number of H-pyrrole nitrogens is 1. The molecule has 3 rings (SSSR count). The number of aromatic amines is 1. The Morgan fingerprint density at radius 1 is 1.13 bits per heavy atom. The maximum atomic E-state index is 6.16. The Hall–Kier alpha value is -1.85. The first-order valence-corrected chi connectivity index (χ1v) is 8.45. The lowest BCUT2D eigenvalue weighted by Crippen LogP contribution is -2.50. The molecule has 0 radical (unpaired) electrons. The van der Waals surface area contributed by atoms with Crippen molar-refractivity contribution in [1.82, 2.24) is 4.90 Å². The number of hydrogen-bond acceptors (Lipinski definition) is 2. The molecule has 23 heavy (non-hydrogen) atoms. The molecule has 1 aliphatic heterocycles. The summed E-state index contributed by atoms with van der Waals surface area (Å²) in [6.45, 7) is 5.72. The molecule has 4 nitrogen and oxygen atoms in total. The van der Waals surface area contributed by atoms with E-state index in [0.717, 1.165) is 47.6 Å². The molecule has 1 aliphatic rings. The molecule has 0 aliphatic carbocycles. The van der Waals surface area contributed by atoms with Crippen LogP contribution < -0.4 is 15.2 Å². The van der Waals surface area contributed by atoms with Gasteiger partial charge in [-0.1, -0.05) is 17.7 Å². The second-order valence-corrected chi connectivity index (χ2v) is 6.42. The summed E-state index contributed by atoms with van der Waals surface area (Å²) in [7, 11) is 0. The van der Waals surface area contributed by atoms with Crippen LogP contribution in [0.25, 0.3) is 0 Å². The lowest BCUT2D eigenvalue weighted by Gasteiger charge is -2.37. The molecular formula is C17H20ClN4S+. The number of halogens is 1. The van der Waals surface area contributed by atoms with Gasteiger partial charge in [-0.15, -0.1) is 0 Å². The lowest BCUT2D eigenvalue weighted by atomic mass is 10.2. The monoisotopic (exact) mass is 347 g/mol. The Morgan fingerprint density at radius 3 is 2.48 bits per heavy atom. The number of benzene rings is 1. The average Bonchev–Trinajstić information content (AvgIpc) is 2.59. The maximum absolute atomic E-state index is 6.16. The van der Waals surface area contributed by atoms with Gasteiger partial charge < -0.3 is 15.1 Å². The SMILES string of the molecule is Cc1ccc(NC(=S)N2CCN(c3cc[nH+]cc3)CC2)cc1Cl. The lowest BCUT2D eigenvalue weighted by molar-refractivity contribution is -0.377. The number of piperazine rings is 1. The highest BCUT2D eigenvalue weighted by Crippen LogP contribution is 2.21. The summed E-state index contributed by atoms with van der Waals surface area (Å²) in [6.07, 6.45) is 3.91. The van der Waals surface area contributed by atoms with Crippen LogP contribution in [0.1, 0.15) is 5.56 Å². The summed E-state index contributed by atoms with van der Waals surface area (Å²) < 4.78 is 0. The van der Waals surface area contributed by atoms with E-state index in [-0.39, 0.29) is 0 Å². The number of nitrogens with zero attached hydrogens (tertiary/aromatic N) is 2. The Morgan fingerprint density at radius 2 is 1.83 bits per heavy atom. The quantitative estimate of drug-likeness (QED) is 0.847. The number of thiocarbonyl (C=S) groups is 1. The molecule has 0 saturated carbocycles. The third kappa shape index (κ3) is 3.92. The third-order valence-electron chi connectivity index (χ3n) is 4.06. The zero-order valence-electron chi connectivity index (χ0n) is 13.1. The molecule has 0 amide bonds. The summed E-state index contributed by atoms with van der Waals surface area (Å²) >= 11 is 11.7. The van der Waals surface area contributed by atoms with E-state index in [4.69, 9.17) is 23.8 Å². The molecule has 1 aromatic heterocycles. The van der Waals surface area contributed by atoms with Gasteiger partial charge in [0.25, 0.3) is 0 Å². The Balaban J connectivity index is 1.57. The average molecular weight is 348 g/mol. The molecule has 0 spiro atoms. The van der Waals surface area contributed by atoms with Gasteiger partial charge in [0.15, 0.2) is 17.5 Å². The largest absolute Gasteiger partial charge is 0.368 e. The van der Waals surface area contributed by atoms with E-state index in [1.165, 1.54) is 5.69 Å². The molecule has 2 N–H and O–H groups in total. The van der Waals surface area contributed by atoms with Crippen molar-refractivity contribution in [2.75, 3.05) is 36.4 Å². The fraction of sp³-hybridized carbons (Fsp3) is 0.294. The van der Waals surface area contributed by atoms with Crippen LogP contribution in [-0.4, -0.2) is 36.2 Å². The molecule has 6 heteroatoms. The van der Waals surface area contributed by atoms with Crippen LogP contribution >= 0.6 is 23.8 Å². The predicted octanol–water partition coefficient (Wildman–Crippen LogP) is 2.98. The van der Waals surface area contributed by atoms with Crippen LogP contribution in [0.5, 0.6) is 0 Å². The Kier molecular flexibility index (Phi) is 4.98. The van der Waals surface area contributed by atoms with Gasteiger partial charge in [0.1, 0.15) is 0 Å². The van der Waals surface area contributed by atoms with Crippen LogP contribution in [-0.2, 0) is 0 Å². The first kappa shape index (κ1) is 16.0. The zero-order valence-corrected chi connectivity index (χ0v) is 14.6. The highest BCUT2D eigenvalue weighted by Gasteiger charge is 2.19. The normalized spacial score (nSPS) is 14.7. The van der Waals surface area contributed by atoms with Crippen LogP contribution in [0.2, 0.25) is 5.02 Å². The molecule has 2 aromatic rings. The minimum atomic E-state index is 0.753. The molecule has 2 heterocycles. The first-order chi connectivity index (χ1) is 11.1. The van der Waals surface area contributed by atoms with Crippen LogP contribution in [0.15, 0.2) is 42.7 Å². The summed E-state index contributed by atoms with van der Waals surface area (Å²) in [4.78, 5) is 7.63. The van der Waals surface area contributed by atoms with Crippen molar-refractivity contribution in [3.8, 4) is 0 Å².